The standard InChI is InChI=1S/C17H18FNOS/c1-13(15-7-3-2-4-8-15)19-17(20)12-21-11-14-6-5-9-16(18)10-14/h2-10,13H,11-12H2,1H3,(H,19,20)/t13-/m1/s1. The van der Waals surface area contributed by atoms with Crippen LogP contribution in [0.15, 0.2) is 54.6 Å². The largest absolute Gasteiger partial charge is 0.349 e. The normalized spacial score (nSPS) is 11.9. The number of nitrogens with one attached hydrogen (secondary N) is 1. The first-order valence-corrected chi connectivity index (χ1v) is 7.97. The summed E-state index contributed by atoms with van der Waals surface area (Å²) in [6.07, 6.45) is 0. The summed E-state index contributed by atoms with van der Waals surface area (Å²) < 4.78 is 13.0. The third-order valence-corrected chi connectivity index (χ3v) is 4.07. The van der Waals surface area contributed by atoms with Gasteiger partial charge in [-0.2, -0.15) is 0 Å². The summed E-state index contributed by atoms with van der Waals surface area (Å²) in [5.74, 6) is 0.751. The maximum atomic E-state index is 13.0. The first-order valence-electron chi connectivity index (χ1n) is 6.81. The Morgan fingerprint density at radius 1 is 1.19 bits per heavy atom. The number of carbonyl (C=O) groups excluding carboxylic acids is 1. The third-order valence-electron chi connectivity index (χ3n) is 3.07. The van der Waals surface area contributed by atoms with Crippen LogP contribution < -0.4 is 5.32 Å². The molecule has 1 atom stereocenters. The van der Waals surface area contributed by atoms with Crippen molar-refractivity contribution in [3.63, 3.8) is 0 Å². The second-order valence-corrected chi connectivity index (χ2v) is 5.81. The Bertz CT molecular complexity index is 588. The Hall–Kier alpha value is -1.81. The highest BCUT2D eigenvalue weighted by molar-refractivity contribution is 7.99. The SMILES string of the molecule is C[C@@H](NC(=O)CSCc1cccc(F)c1)c1ccccc1. The van der Waals surface area contributed by atoms with Crippen LogP contribution >= 0.6 is 11.8 Å². The van der Waals surface area contributed by atoms with Crippen LogP contribution in [-0.4, -0.2) is 11.7 Å². The molecule has 0 saturated carbocycles. The molecule has 110 valence electrons. The lowest BCUT2D eigenvalue weighted by molar-refractivity contribution is -0.119. The second-order valence-electron chi connectivity index (χ2n) is 4.82. The Labute approximate surface area is 128 Å². The molecule has 2 aromatic carbocycles. The van der Waals surface area contributed by atoms with Gasteiger partial charge in [0.05, 0.1) is 11.8 Å². The molecule has 0 aliphatic rings. The van der Waals surface area contributed by atoms with Crippen LogP contribution in [0.25, 0.3) is 0 Å². The van der Waals surface area contributed by atoms with Crippen LogP contribution in [0.5, 0.6) is 0 Å². The van der Waals surface area contributed by atoms with Crippen molar-refractivity contribution in [2.75, 3.05) is 5.75 Å². The number of carbonyl (C=O) groups is 1. The predicted molar refractivity (Wildman–Crippen MR) is 85.6 cm³/mol. The zero-order chi connectivity index (χ0) is 15.1. The molecule has 0 fully saturated rings. The maximum absolute atomic E-state index is 13.0. The highest BCUT2D eigenvalue weighted by Gasteiger charge is 2.09. The van der Waals surface area contributed by atoms with E-state index in [-0.39, 0.29) is 17.8 Å². The van der Waals surface area contributed by atoms with Crippen molar-refractivity contribution in [3.05, 3.63) is 71.5 Å². The maximum Gasteiger partial charge on any atom is 0.230 e. The fourth-order valence-corrected chi connectivity index (χ4v) is 2.78. The van der Waals surface area contributed by atoms with E-state index in [0.29, 0.717) is 11.5 Å². The van der Waals surface area contributed by atoms with E-state index >= 15 is 0 Å². The molecule has 1 amide bonds. The minimum absolute atomic E-state index is 0.00605. The van der Waals surface area contributed by atoms with E-state index in [0.717, 1.165) is 11.1 Å². The van der Waals surface area contributed by atoms with Gasteiger partial charge in [-0.05, 0) is 30.2 Å². The first-order chi connectivity index (χ1) is 10.1. The molecule has 0 heterocycles. The molecule has 2 nitrogen and oxygen atoms in total. The molecule has 0 aliphatic carbocycles. The molecule has 0 aromatic heterocycles. The summed E-state index contributed by atoms with van der Waals surface area (Å²) >= 11 is 1.48. The van der Waals surface area contributed by atoms with Crippen LogP contribution in [0, 0.1) is 5.82 Å². The summed E-state index contributed by atoms with van der Waals surface area (Å²) in [5, 5.41) is 2.96. The second kappa shape index (κ2) is 7.84. The average Bonchev–Trinajstić information content (AvgIpc) is 2.48. The van der Waals surface area contributed by atoms with E-state index in [4.69, 9.17) is 0 Å². The predicted octanol–water partition coefficient (Wildman–Crippen LogP) is 3.94. The highest BCUT2D eigenvalue weighted by atomic mass is 32.2. The molecule has 0 aliphatic heterocycles. The summed E-state index contributed by atoms with van der Waals surface area (Å²) in [7, 11) is 0. The van der Waals surface area contributed by atoms with Gasteiger partial charge in [0.25, 0.3) is 0 Å². The Morgan fingerprint density at radius 3 is 2.67 bits per heavy atom. The lowest BCUT2D eigenvalue weighted by Gasteiger charge is -2.14. The number of amides is 1. The van der Waals surface area contributed by atoms with Crippen LogP contribution in [0.4, 0.5) is 4.39 Å². The molecule has 2 aromatic rings. The smallest absolute Gasteiger partial charge is 0.230 e. The lowest BCUT2D eigenvalue weighted by Crippen LogP contribution is -2.28. The van der Waals surface area contributed by atoms with E-state index in [1.165, 1.54) is 23.9 Å². The van der Waals surface area contributed by atoms with Gasteiger partial charge in [0.15, 0.2) is 0 Å². The molecule has 0 saturated heterocycles. The van der Waals surface area contributed by atoms with E-state index in [2.05, 4.69) is 5.32 Å². The molecule has 4 heteroatoms. The van der Waals surface area contributed by atoms with Gasteiger partial charge in [-0.1, -0.05) is 42.5 Å². The summed E-state index contributed by atoms with van der Waals surface area (Å²) in [4.78, 5) is 11.9. The van der Waals surface area contributed by atoms with E-state index in [9.17, 15) is 9.18 Å². The fourth-order valence-electron chi connectivity index (χ4n) is 2.00. The van der Waals surface area contributed by atoms with Gasteiger partial charge in [-0.3, -0.25) is 4.79 Å². The number of benzene rings is 2. The Balaban J connectivity index is 1.75. The van der Waals surface area contributed by atoms with Crippen molar-refractivity contribution < 1.29 is 9.18 Å². The van der Waals surface area contributed by atoms with Gasteiger partial charge >= 0.3 is 0 Å². The summed E-state index contributed by atoms with van der Waals surface area (Å²) in [6.45, 7) is 1.96. The number of rotatable bonds is 6. The van der Waals surface area contributed by atoms with Gasteiger partial charge in [-0.25, -0.2) is 4.39 Å². The zero-order valence-corrected chi connectivity index (χ0v) is 12.7. The number of hydrogen-bond donors (Lipinski definition) is 1. The van der Waals surface area contributed by atoms with Gasteiger partial charge < -0.3 is 5.32 Å². The van der Waals surface area contributed by atoms with Gasteiger partial charge in [0.1, 0.15) is 5.82 Å². The van der Waals surface area contributed by atoms with Crippen molar-refractivity contribution in [2.45, 2.75) is 18.7 Å². The average molecular weight is 303 g/mol. The van der Waals surface area contributed by atoms with Crippen LogP contribution in [-0.2, 0) is 10.5 Å². The number of hydrogen-bond acceptors (Lipinski definition) is 2. The molecule has 1 N–H and O–H groups in total. The van der Waals surface area contributed by atoms with Crippen molar-refractivity contribution in [1.29, 1.82) is 0 Å². The van der Waals surface area contributed by atoms with Gasteiger partial charge in [0.2, 0.25) is 5.91 Å². The molecule has 21 heavy (non-hydrogen) atoms. The van der Waals surface area contributed by atoms with Gasteiger partial charge in [0, 0.05) is 5.75 Å². The molecular weight excluding hydrogens is 285 g/mol. The Morgan fingerprint density at radius 2 is 1.95 bits per heavy atom. The highest BCUT2D eigenvalue weighted by Crippen LogP contribution is 2.15. The minimum Gasteiger partial charge on any atom is -0.349 e. The Kier molecular flexibility index (Phi) is 5.81. The van der Waals surface area contributed by atoms with Crippen molar-refractivity contribution >= 4 is 17.7 Å². The minimum atomic E-state index is -0.241. The summed E-state index contributed by atoms with van der Waals surface area (Å²) in [6, 6.07) is 16.3. The van der Waals surface area contributed by atoms with Crippen LogP contribution in [0.2, 0.25) is 0 Å². The topological polar surface area (TPSA) is 29.1 Å². The fraction of sp³-hybridized carbons (Fsp3) is 0.235. The monoisotopic (exact) mass is 303 g/mol. The van der Waals surface area contributed by atoms with Crippen molar-refractivity contribution in [3.8, 4) is 0 Å². The van der Waals surface area contributed by atoms with E-state index in [1.54, 1.807) is 6.07 Å². The first kappa shape index (κ1) is 15.6. The van der Waals surface area contributed by atoms with E-state index in [1.807, 2.05) is 43.3 Å². The molecule has 0 unspecified atom stereocenters. The summed E-state index contributed by atoms with van der Waals surface area (Å²) in [5.41, 5.74) is 1.98. The molecular formula is C17H18FNOS. The zero-order valence-electron chi connectivity index (χ0n) is 11.9. The molecule has 0 bridgehead atoms. The third kappa shape index (κ3) is 5.23. The quantitative estimate of drug-likeness (QED) is 0.876. The molecule has 0 spiro atoms. The number of halogens is 1. The van der Waals surface area contributed by atoms with Crippen molar-refractivity contribution in [1.82, 2.24) is 5.32 Å². The van der Waals surface area contributed by atoms with Crippen LogP contribution in [0.1, 0.15) is 24.1 Å². The molecule has 2 rings (SSSR count). The van der Waals surface area contributed by atoms with Gasteiger partial charge in [-0.15, -0.1) is 11.8 Å². The van der Waals surface area contributed by atoms with E-state index < -0.39 is 0 Å². The van der Waals surface area contributed by atoms with Crippen LogP contribution in [0.3, 0.4) is 0 Å². The molecule has 0 radical (unpaired) electrons. The number of thioether (sulfide) groups is 1. The lowest BCUT2D eigenvalue weighted by atomic mass is 10.1. The van der Waals surface area contributed by atoms with Crippen molar-refractivity contribution in [2.24, 2.45) is 0 Å².